The fourth-order valence-electron chi connectivity index (χ4n) is 1.69. The quantitative estimate of drug-likeness (QED) is 0.883. The Hall–Kier alpha value is -2.02. The van der Waals surface area contributed by atoms with Gasteiger partial charge in [0.05, 0.1) is 5.69 Å². The predicted octanol–water partition coefficient (Wildman–Crippen LogP) is 2.03. The number of aromatic nitrogens is 2. The molecule has 0 fully saturated rings. The number of nitrogens with two attached hydrogens (primary N) is 2. The lowest BCUT2D eigenvalue weighted by Crippen LogP contribution is -2.17. The highest BCUT2D eigenvalue weighted by Crippen LogP contribution is 2.28. The Labute approximate surface area is 117 Å². The number of hydrogen-bond acceptors (Lipinski definition) is 4. The van der Waals surface area contributed by atoms with Crippen molar-refractivity contribution in [3.63, 3.8) is 0 Å². The van der Waals surface area contributed by atoms with E-state index < -0.39 is 11.7 Å². The number of nitrogen functional groups attached to an aromatic ring is 1. The highest BCUT2D eigenvalue weighted by atomic mass is 79.9. The van der Waals surface area contributed by atoms with Crippen LogP contribution >= 0.6 is 15.9 Å². The molecule has 0 spiro atoms. The number of aryl methyl sites for hydroxylation is 1. The summed E-state index contributed by atoms with van der Waals surface area (Å²) in [5, 5.41) is 0. The van der Waals surface area contributed by atoms with Crippen LogP contribution in [-0.2, 0) is 0 Å². The summed E-state index contributed by atoms with van der Waals surface area (Å²) in [5.74, 6) is -0.908. The monoisotopic (exact) mass is 324 g/mol. The van der Waals surface area contributed by atoms with Crippen molar-refractivity contribution in [1.29, 1.82) is 0 Å². The number of halogens is 2. The molecule has 0 bridgehead atoms. The molecule has 98 valence electrons. The first-order valence-electron chi connectivity index (χ1n) is 5.29. The molecule has 2 rings (SSSR count). The molecular weight excluding hydrogens is 315 g/mol. The molecule has 0 saturated carbocycles. The standard InChI is InChI=1S/C12H10BrFN4O/c1-5-9(11(16)19)10(15)18-12(17-5)7-4-6(14)2-3-8(7)13/h2-4H,1H3,(H2,16,19)(H2,15,17,18). The lowest BCUT2D eigenvalue weighted by Gasteiger charge is -2.09. The van der Waals surface area contributed by atoms with Crippen LogP contribution < -0.4 is 11.5 Å². The third-order valence-corrected chi connectivity index (χ3v) is 3.23. The number of carbonyl (C=O) groups is 1. The summed E-state index contributed by atoms with van der Waals surface area (Å²) < 4.78 is 13.9. The summed E-state index contributed by atoms with van der Waals surface area (Å²) in [5.41, 5.74) is 11.8. The molecule has 0 aliphatic heterocycles. The zero-order valence-corrected chi connectivity index (χ0v) is 11.5. The van der Waals surface area contributed by atoms with Crippen LogP contribution in [0.4, 0.5) is 10.2 Å². The molecule has 1 aromatic carbocycles. The molecule has 2 aromatic rings. The molecule has 0 aliphatic carbocycles. The minimum Gasteiger partial charge on any atom is -0.383 e. The smallest absolute Gasteiger partial charge is 0.254 e. The van der Waals surface area contributed by atoms with Crippen molar-refractivity contribution in [2.45, 2.75) is 6.92 Å². The van der Waals surface area contributed by atoms with Crippen molar-refractivity contribution in [2.75, 3.05) is 5.73 Å². The zero-order valence-electron chi connectivity index (χ0n) is 9.95. The Kier molecular flexibility index (Phi) is 3.48. The van der Waals surface area contributed by atoms with Crippen LogP contribution in [0.15, 0.2) is 22.7 Å². The maximum absolute atomic E-state index is 13.3. The maximum Gasteiger partial charge on any atom is 0.254 e. The molecule has 0 radical (unpaired) electrons. The van der Waals surface area contributed by atoms with Crippen LogP contribution in [0.5, 0.6) is 0 Å². The minimum atomic E-state index is -0.695. The highest BCUT2D eigenvalue weighted by Gasteiger charge is 2.16. The molecule has 7 heteroatoms. The summed E-state index contributed by atoms with van der Waals surface area (Å²) in [6.07, 6.45) is 0. The predicted molar refractivity (Wildman–Crippen MR) is 72.8 cm³/mol. The molecule has 19 heavy (non-hydrogen) atoms. The Balaban J connectivity index is 2.65. The van der Waals surface area contributed by atoms with Crippen LogP contribution in [0.25, 0.3) is 11.4 Å². The van der Waals surface area contributed by atoms with E-state index in [1.165, 1.54) is 12.1 Å². The van der Waals surface area contributed by atoms with Gasteiger partial charge in [0.1, 0.15) is 17.2 Å². The van der Waals surface area contributed by atoms with Gasteiger partial charge in [0, 0.05) is 10.0 Å². The number of nitrogens with zero attached hydrogens (tertiary/aromatic N) is 2. The van der Waals surface area contributed by atoms with Crippen molar-refractivity contribution >= 4 is 27.7 Å². The normalized spacial score (nSPS) is 10.5. The fraction of sp³-hybridized carbons (Fsp3) is 0.0833. The molecule has 4 N–H and O–H groups in total. The Morgan fingerprint density at radius 1 is 1.37 bits per heavy atom. The number of amides is 1. The van der Waals surface area contributed by atoms with E-state index in [2.05, 4.69) is 25.9 Å². The summed E-state index contributed by atoms with van der Waals surface area (Å²) in [6, 6.07) is 4.13. The number of carbonyl (C=O) groups excluding carboxylic acids is 1. The lowest BCUT2D eigenvalue weighted by atomic mass is 10.1. The second-order valence-corrected chi connectivity index (χ2v) is 4.74. The fourth-order valence-corrected chi connectivity index (χ4v) is 2.11. The SMILES string of the molecule is Cc1nc(-c2cc(F)ccc2Br)nc(N)c1C(N)=O. The van der Waals surface area contributed by atoms with Gasteiger partial charge in [0.25, 0.3) is 5.91 Å². The van der Waals surface area contributed by atoms with E-state index in [-0.39, 0.29) is 17.2 Å². The van der Waals surface area contributed by atoms with Crippen LogP contribution in [0.2, 0.25) is 0 Å². The van der Waals surface area contributed by atoms with Gasteiger partial charge in [-0.25, -0.2) is 14.4 Å². The van der Waals surface area contributed by atoms with Gasteiger partial charge in [0.15, 0.2) is 5.82 Å². The van der Waals surface area contributed by atoms with Gasteiger partial charge in [-0.05, 0) is 25.1 Å². The summed E-state index contributed by atoms with van der Waals surface area (Å²) in [4.78, 5) is 19.3. The molecule has 0 aliphatic rings. The molecule has 0 unspecified atom stereocenters. The van der Waals surface area contributed by atoms with Gasteiger partial charge in [-0.2, -0.15) is 0 Å². The first-order chi connectivity index (χ1) is 8.90. The van der Waals surface area contributed by atoms with Gasteiger partial charge in [-0.1, -0.05) is 15.9 Å². The van der Waals surface area contributed by atoms with E-state index in [0.717, 1.165) is 0 Å². The van der Waals surface area contributed by atoms with Crippen molar-refractivity contribution in [3.8, 4) is 11.4 Å². The van der Waals surface area contributed by atoms with E-state index in [1.54, 1.807) is 13.0 Å². The summed E-state index contributed by atoms with van der Waals surface area (Å²) >= 11 is 3.28. The zero-order chi connectivity index (χ0) is 14.2. The van der Waals surface area contributed by atoms with E-state index in [4.69, 9.17) is 11.5 Å². The van der Waals surface area contributed by atoms with E-state index in [0.29, 0.717) is 15.7 Å². The molecule has 1 heterocycles. The Bertz CT molecular complexity index is 652. The highest BCUT2D eigenvalue weighted by molar-refractivity contribution is 9.10. The largest absolute Gasteiger partial charge is 0.383 e. The number of rotatable bonds is 2. The molecule has 5 nitrogen and oxygen atoms in total. The summed E-state index contributed by atoms with van der Waals surface area (Å²) in [6.45, 7) is 1.59. The van der Waals surface area contributed by atoms with Gasteiger partial charge in [-0.3, -0.25) is 4.79 Å². The second-order valence-electron chi connectivity index (χ2n) is 3.88. The number of hydrogen-bond donors (Lipinski definition) is 2. The molecule has 0 saturated heterocycles. The molecule has 1 aromatic heterocycles. The van der Waals surface area contributed by atoms with Gasteiger partial charge >= 0.3 is 0 Å². The average Bonchev–Trinajstić information content (AvgIpc) is 2.30. The Morgan fingerprint density at radius 2 is 2.05 bits per heavy atom. The number of benzene rings is 1. The van der Waals surface area contributed by atoms with E-state index >= 15 is 0 Å². The van der Waals surface area contributed by atoms with Crippen molar-refractivity contribution < 1.29 is 9.18 Å². The first-order valence-corrected chi connectivity index (χ1v) is 6.08. The maximum atomic E-state index is 13.3. The van der Waals surface area contributed by atoms with Gasteiger partial charge in [-0.15, -0.1) is 0 Å². The third kappa shape index (κ3) is 2.55. The van der Waals surface area contributed by atoms with Crippen molar-refractivity contribution in [3.05, 3.63) is 39.7 Å². The number of primary amides is 1. The summed E-state index contributed by atoms with van der Waals surface area (Å²) in [7, 11) is 0. The number of anilines is 1. The van der Waals surface area contributed by atoms with Crippen molar-refractivity contribution in [1.82, 2.24) is 9.97 Å². The van der Waals surface area contributed by atoms with E-state index in [1.807, 2.05) is 0 Å². The topological polar surface area (TPSA) is 94.9 Å². The van der Waals surface area contributed by atoms with Crippen LogP contribution in [0.3, 0.4) is 0 Å². The van der Waals surface area contributed by atoms with Crippen LogP contribution in [0.1, 0.15) is 16.1 Å². The van der Waals surface area contributed by atoms with E-state index in [9.17, 15) is 9.18 Å². The third-order valence-electron chi connectivity index (χ3n) is 2.53. The molecule has 1 amide bonds. The first kappa shape index (κ1) is 13.4. The lowest BCUT2D eigenvalue weighted by molar-refractivity contribution is 0.1000. The van der Waals surface area contributed by atoms with Gasteiger partial charge in [0.2, 0.25) is 0 Å². The van der Waals surface area contributed by atoms with Crippen molar-refractivity contribution in [2.24, 2.45) is 5.73 Å². The molecule has 0 atom stereocenters. The minimum absolute atomic E-state index is 0.0221. The van der Waals surface area contributed by atoms with Crippen LogP contribution in [-0.4, -0.2) is 15.9 Å². The second kappa shape index (κ2) is 4.93. The molecular formula is C12H10BrFN4O. The average molecular weight is 325 g/mol. The Morgan fingerprint density at radius 3 is 2.63 bits per heavy atom. The van der Waals surface area contributed by atoms with Crippen LogP contribution in [0, 0.1) is 12.7 Å². The van der Waals surface area contributed by atoms with Gasteiger partial charge < -0.3 is 11.5 Å².